The van der Waals surface area contributed by atoms with Crippen molar-refractivity contribution >= 4 is 31.9 Å². The maximum atomic E-state index is 5.64. The van der Waals surface area contributed by atoms with Crippen LogP contribution in [0.5, 0.6) is 11.6 Å². The van der Waals surface area contributed by atoms with Gasteiger partial charge in [-0.05, 0) is 41.2 Å². The summed E-state index contributed by atoms with van der Waals surface area (Å²) in [7, 11) is 1.87. The van der Waals surface area contributed by atoms with E-state index >= 15 is 0 Å². The third kappa shape index (κ3) is 3.51. The monoisotopic (exact) mass is 371 g/mol. The number of halogens is 2. The zero-order valence-electron chi connectivity index (χ0n) is 9.65. The van der Waals surface area contributed by atoms with Crippen LogP contribution >= 0.6 is 31.9 Å². The second kappa shape index (κ2) is 6.26. The fourth-order valence-corrected chi connectivity index (χ4v) is 2.47. The molecule has 2 aromatic rings. The third-order valence-electron chi connectivity index (χ3n) is 2.15. The number of hydrogen-bond acceptors (Lipinski definition) is 4. The minimum Gasteiger partial charge on any atom is -0.436 e. The summed E-state index contributed by atoms with van der Waals surface area (Å²) in [5.41, 5.74) is 0.875. The Morgan fingerprint density at radius 3 is 2.67 bits per heavy atom. The zero-order valence-corrected chi connectivity index (χ0v) is 12.8. The van der Waals surface area contributed by atoms with Gasteiger partial charge in [0.2, 0.25) is 5.88 Å². The average Bonchev–Trinajstić information content (AvgIpc) is 2.35. The number of rotatable bonds is 4. The highest BCUT2D eigenvalue weighted by atomic mass is 79.9. The Bertz CT molecular complexity index is 531. The Hall–Kier alpha value is -0.980. The predicted molar refractivity (Wildman–Crippen MR) is 76.7 cm³/mol. The number of benzene rings is 1. The van der Waals surface area contributed by atoms with E-state index in [-0.39, 0.29) is 0 Å². The molecule has 0 spiro atoms. The van der Waals surface area contributed by atoms with E-state index in [1.807, 2.05) is 25.2 Å². The molecule has 1 aromatic heterocycles. The molecular formula is C12H11Br2N3O. The van der Waals surface area contributed by atoms with Crippen LogP contribution in [0.3, 0.4) is 0 Å². The van der Waals surface area contributed by atoms with Crippen LogP contribution < -0.4 is 10.1 Å². The van der Waals surface area contributed by atoms with Gasteiger partial charge in [-0.1, -0.05) is 15.9 Å². The largest absolute Gasteiger partial charge is 0.436 e. The number of ether oxygens (including phenoxy) is 1. The van der Waals surface area contributed by atoms with E-state index in [2.05, 4.69) is 47.1 Å². The second-order valence-corrected chi connectivity index (χ2v) is 5.32. The van der Waals surface area contributed by atoms with E-state index in [4.69, 9.17) is 4.74 Å². The molecule has 6 heteroatoms. The summed E-state index contributed by atoms with van der Waals surface area (Å²) < 4.78 is 7.48. The van der Waals surface area contributed by atoms with Crippen LogP contribution in [0.15, 0.2) is 39.5 Å². The van der Waals surface area contributed by atoms with E-state index in [1.54, 1.807) is 12.4 Å². The van der Waals surface area contributed by atoms with Crippen molar-refractivity contribution in [1.29, 1.82) is 0 Å². The van der Waals surface area contributed by atoms with Gasteiger partial charge in [0.25, 0.3) is 0 Å². The van der Waals surface area contributed by atoms with Crippen LogP contribution in [-0.4, -0.2) is 17.0 Å². The molecule has 0 amide bonds. The Kier molecular flexibility index (Phi) is 4.68. The number of hydrogen-bond donors (Lipinski definition) is 1. The average molecular weight is 373 g/mol. The van der Waals surface area contributed by atoms with E-state index in [0.717, 1.165) is 14.6 Å². The first-order valence-corrected chi connectivity index (χ1v) is 6.86. The first kappa shape index (κ1) is 13.5. The summed E-state index contributed by atoms with van der Waals surface area (Å²) in [6.45, 7) is 0.690. The van der Waals surface area contributed by atoms with E-state index in [0.29, 0.717) is 18.2 Å². The van der Waals surface area contributed by atoms with Crippen molar-refractivity contribution in [3.05, 3.63) is 45.2 Å². The molecule has 0 aliphatic heterocycles. The molecule has 94 valence electrons. The predicted octanol–water partition coefficient (Wildman–Crippen LogP) is 3.51. The molecule has 0 fully saturated rings. The molecule has 0 saturated carbocycles. The standard InChI is InChI=1S/C12H11Br2N3O/c1-15-5-9-6-17-12(7-16-9)18-11-3-2-8(13)4-10(11)14/h2-4,6-7,15H,5H2,1H3. The SMILES string of the molecule is CNCc1cnc(Oc2ccc(Br)cc2Br)cn1. The Balaban J connectivity index is 2.13. The Morgan fingerprint density at radius 1 is 1.22 bits per heavy atom. The summed E-state index contributed by atoms with van der Waals surface area (Å²) in [6, 6.07) is 5.68. The minimum atomic E-state index is 0.470. The highest BCUT2D eigenvalue weighted by molar-refractivity contribution is 9.11. The van der Waals surface area contributed by atoms with Crippen molar-refractivity contribution in [2.24, 2.45) is 0 Å². The van der Waals surface area contributed by atoms with Crippen LogP contribution in [0.25, 0.3) is 0 Å². The quantitative estimate of drug-likeness (QED) is 0.891. The normalized spacial score (nSPS) is 10.4. The van der Waals surface area contributed by atoms with Gasteiger partial charge in [0, 0.05) is 11.0 Å². The Morgan fingerprint density at radius 2 is 2.06 bits per heavy atom. The first-order chi connectivity index (χ1) is 8.69. The smallest absolute Gasteiger partial charge is 0.237 e. The molecule has 1 N–H and O–H groups in total. The maximum Gasteiger partial charge on any atom is 0.237 e. The molecule has 1 heterocycles. The number of nitrogens with zero attached hydrogens (tertiary/aromatic N) is 2. The van der Waals surface area contributed by atoms with Crippen LogP contribution in [0.2, 0.25) is 0 Å². The molecule has 0 aliphatic carbocycles. The number of aromatic nitrogens is 2. The molecule has 0 radical (unpaired) electrons. The fourth-order valence-electron chi connectivity index (χ4n) is 1.34. The van der Waals surface area contributed by atoms with Gasteiger partial charge in [-0.25, -0.2) is 4.98 Å². The molecule has 0 saturated heterocycles. The van der Waals surface area contributed by atoms with Gasteiger partial charge in [0.1, 0.15) is 5.75 Å². The van der Waals surface area contributed by atoms with Crippen molar-refractivity contribution in [2.75, 3.05) is 7.05 Å². The minimum absolute atomic E-state index is 0.470. The molecule has 4 nitrogen and oxygen atoms in total. The molecule has 0 atom stereocenters. The molecule has 1 aromatic carbocycles. The van der Waals surface area contributed by atoms with Gasteiger partial charge in [0.05, 0.1) is 22.6 Å². The van der Waals surface area contributed by atoms with Gasteiger partial charge in [-0.15, -0.1) is 0 Å². The van der Waals surface area contributed by atoms with Crippen LogP contribution in [0.1, 0.15) is 5.69 Å². The highest BCUT2D eigenvalue weighted by Gasteiger charge is 2.05. The van der Waals surface area contributed by atoms with Gasteiger partial charge < -0.3 is 10.1 Å². The van der Waals surface area contributed by atoms with Crippen molar-refractivity contribution in [3.8, 4) is 11.6 Å². The summed E-state index contributed by atoms with van der Waals surface area (Å²) in [5.74, 6) is 1.17. The van der Waals surface area contributed by atoms with Crippen molar-refractivity contribution < 1.29 is 4.74 Å². The molecule has 0 aliphatic rings. The van der Waals surface area contributed by atoms with Crippen LogP contribution in [0.4, 0.5) is 0 Å². The van der Waals surface area contributed by atoms with Crippen molar-refractivity contribution in [3.63, 3.8) is 0 Å². The van der Waals surface area contributed by atoms with Gasteiger partial charge >= 0.3 is 0 Å². The highest BCUT2D eigenvalue weighted by Crippen LogP contribution is 2.30. The lowest BCUT2D eigenvalue weighted by Gasteiger charge is -2.07. The van der Waals surface area contributed by atoms with E-state index in [1.165, 1.54) is 0 Å². The molecule has 2 rings (SSSR count). The van der Waals surface area contributed by atoms with Gasteiger partial charge in [0.15, 0.2) is 0 Å². The van der Waals surface area contributed by atoms with Crippen LogP contribution in [0, 0.1) is 0 Å². The van der Waals surface area contributed by atoms with E-state index < -0.39 is 0 Å². The first-order valence-electron chi connectivity index (χ1n) is 5.27. The lowest BCUT2D eigenvalue weighted by atomic mass is 10.3. The fraction of sp³-hybridized carbons (Fsp3) is 0.167. The lowest BCUT2D eigenvalue weighted by molar-refractivity contribution is 0.456. The summed E-state index contributed by atoms with van der Waals surface area (Å²) in [6.07, 6.45) is 3.31. The second-order valence-electron chi connectivity index (χ2n) is 3.55. The molecule has 0 unspecified atom stereocenters. The topological polar surface area (TPSA) is 47.0 Å². The summed E-state index contributed by atoms with van der Waals surface area (Å²) in [4.78, 5) is 8.44. The molecule has 0 bridgehead atoms. The van der Waals surface area contributed by atoms with Gasteiger partial charge in [-0.3, -0.25) is 4.98 Å². The van der Waals surface area contributed by atoms with Crippen molar-refractivity contribution in [2.45, 2.75) is 6.54 Å². The summed E-state index contributed by atoms with van der Waals surface area (Å²) >= 11 is 6.82. The maximum absolute atomic E-state index is 5.64. The van der Waals surface area contributed by atoms with Crippen LogP contribution in [-0.2, 0) is 6.54 Å². The third-order valence-corrected chi connectivity index (χ3v) is 3.26. The van der Waals surface area contributed by atoms with E-state index in [9.17, 15) is 0 Å². The molecule has 18 heavy (non-hydrogen) atoms. The van der Waals surface area contributed by atoms with Crippen molar-refractivity contribution in [1.82, 2.24) is 15.3 Å². The number of nitrogens with one attached hydrogen (secondary N) is 1. The van der Waals surface area contributed by atoms with Gasteiger partial charge in [-0.2, -0.15) is 0 Å². The molecular weight excluding hydrogens is 362 g/mol. The summed E-state index contributed by atoms with van der Waals surface area (Å²) in [5, 5.41) is 3.01. The lowest BCUT2D eigenvalue weighted by Crippen LogP contribution is -2.07. The Labute approximate surface area is 122 Å². The zero-order chi connectivity index (χ0) is 13.0.